The summed E-state index contributed by atoms with van der Waals surface area (Å²) >= 11 is 0. The molecule has 0 aromatic heterocycles. The number of hydrogen-bond acceptors (Lipinski definition) is 4. The van der Waals surface area contributed by atoms with Crippen LogP contribution in [0.2, 0.25) is 0 Å². The number of hydrogen-bond donors (Lipinski definition) is 3. The van der Waals surface area contributed by atoms with E-state index >= 15 is 0 Å². The summed E-state index contributed by atoms with van der Waals surface area (Å²) < 4.78 is 4.83. The Balaban J connectivity index is 2.32. The lowest BCUT2D eigenvalue weighted by Gasteiger charge is -2.23. The van der Waals surface area contributed by atoms with Crippen LogP contribution in [0, 0.1) is 5.92 Å². The maximum absolute atomic E-state index is 11.7. The monoisotopic (exact) mass is 258 g/mol. The molecule has 1 fully saturated rings. The number of methoxy groups -OCH3 is 1. The van der Waals surface area contributed by atoms with E-state index in [-0.39, 0.29) is 5.91 Å². The van der Waals surface area contributed by atoms with Crippen LogP contribution in [0.15, 0.2) is 0 Å². The summed E-state index contributed by atoms with van der Waals surface area (Å²) in [6.07, 6.45) is 2.78. The molecule has 1 saturated heterocycles. The highest BCUT2D eigenvalue weighted by Gasteiger charge is 2.22. The topological polar surface area (TPSA) is 87.7 Å². The van der Waals surface area contributed by atoms with E-state index in [1.165, 1.54) is 7.11 Å². The Kier molecular flexibility index (Phi) is 6.67. The molecule has 18 heavy (non-hydrogen) atoms. The molecular formula is C12H22N2O4. The smallest absolute Gasteiger partial charge is 0.326 e. The number of nitrogens with one attached hydrogen (secondary N) is 2. The van der Waals surface area contributed by atoms with Crippen molar-refractivity contribution < 1.29 is 19.4 Å². The number of aliphatic carboxylic acids is 1. The molecule has 0 aliphatic carbocycles. The lowest BCUT2D eigenvalue weighted by atomic mass is 9.96. The second kappa shape index (κ2) is 8.05. The number of rotatable bonds is 7. The van der Waals surface area contributed by atoms with Crippen LogP contribution in [-0.2, 0) is 14.3 Å². The fourth-order valence-electron chi connectivity index (χ4n) is 2.11. The fourth-order valence-corrected chi connectivity index (χ4v) is 2.11. The van der Waals surface area contributed by atoms with Crippen molar-refractivity contribution in [3.63, 3.8) is 0 Å². The zero-order chi connectivity index (χ0) is 13.4. The normalized spacial score (nSPS) is 21.3. The van der Waals surface area contributed by atoms with E-state index in [0.29, 0.717) is 25.4 Å². The van der Waals surface area contributed by atoms with Crippen LogP contribution in [0.25, 0.3) is 0 Å². The number of carboxylic acid groups (broad SMARTS) is 1. The van der Waals surface area contributed by atoms with Gasteiger partial charge in [0.15, 0.2) is 0 Å². The van der Waals surface area contributed by atoms with Gasteiger partial charge < -0.3 is 20.5 Å². The molecule has 1 amide bonds. The zero-order valence-electron chi connectivity index (χ0n) is 10.8. The second-order valence-electron chi connectivity index (χ2n) is 4.66. The highest BCUT2D eigenvalue weighted by atomic mass is 16.5. The Morgan fingerprint density at radius 3 is 2.89 bits per heavy atom. The van der Waals surface area contributed by atoms with E-state index in [4.69, 9.17) is 9.84 Å². The fraction of sp³-hybridized carbons (Fsp3) is 0.833. The van der Waals surface area contributed by atoms with Crippen molar-refractivity contribution in [2.75, 3.05) is 26.8 Å². The SMILES string of the molecule is COCCC(NC(=O)CC1CCCNC1)C(=O)O. The first kappa shape index (κ1) is 14.9. The minimum atomic E-state index is -1.01. The molecule has 0 spiro atoms. The van der Waals surface area contributed by atoms with Gasteiger partial charge in [-0.2, -0.15) is 0 Å². The van der Waals surface area contributed by atoms with Crippen LogP contribution in [0.1, 0.15) is 25.7 Å². The first-order chi connectivity index (χ1) is 8.63. The van der Waals surface area contributed by atoms with Crippen LogP contribution in [0.3, 0.4) is 0 Å². The molecule has 1 heterocycles. The molecule has 0 bridgehead atoms. The lowest BCUT2D eigenvalue weighted by molar-refractivity contribution is -0.142. The molecule has 0 radical (unpaired) electrons. The minimum Gasteiger partial charge on any atom is -0.480 e. The van der Waals surface area contributed by atoms with Gasteiger partial charge in [0.1, 0.15) is 6.04 Å². The van der Waals surface area contributed by atoms with Crippen molar-refractivity contribution in [1.82, 2.24) is 10.6 Å². The van der Waals surface area contributed by atoms with Crippen molar-refractivity contribution in [2.24, 2.45) is 5.92 Å². The summed E-state index contributed by atoms with van der Waals surface area (Å²) in [5, 5.41) is 14.8. The predicted octanol–water partition coefficient (Wildman–Crippen LogP) is -0.0180. The molecule has 1 aliphatic rings. The molecule has 1 aliphatic heterocycles. The largest absolute Gasteiger partial charge is 0.480 e. The number of amides is 1. The summed E-state index contributed by atoms with van der Waals surface area (Å²) in [6, 6.07) is -0.853. The van der Waals surface area contributed by atoms with Crippen LogP contribution in [-0.4, -0.2) is 49.8 Å². The molecule has 6 heteroatoms. The number of ether oxygens (including phenoxy) is 1. The Morgan fingerprint density at radius 1 is 1.56 bits per heavy atom. The van der Waals surface area contributed by atoms with Crippen molar-refractivity contribution in [1.29, 1.82) is 0 Å². The number of piperidine rings is 1. The van der Waals surface area contributed by atoms with Crippen LogP contribution >= 0.6 is 0 Å². The van der Waals surface area contributed by atoms with Gasteiger partial charge in [-0.05, 0) is 31.8 Å². The summed E-state index contributed by atoms with van der Waals surface area (Å²) in [5.41, 5.74) is 0. The Morgan fingerprint density at radius 2 is 2.33 bits per heavy atom. The highest BCUT2D eigenvalue weighted by Crippen LogP contribution is 2.13. The summed E-state index contributed by atoms with van der Waals surface area (Å²) in [5.74, 6) is -0.884. The average Bonchev–Trinajstić information content (AvgIpc) is 2.35. The lowest BCUT2D eigenvalue weighted by Crippen LogP contribution is -2.43. The van der Waals surface area contributed by atoms with Gasteiger partial charge in [0, 0.05) is 26.6 Å². The van der Waals surface area contributed by atoms with Crippen molar-refractivity contribution in [3.05, 3.63) is 0 Å². The van der Waals surface area contributed by atoms with Gasteiger partial charge >= 0.3 is 5.97 Å². The van der Waals surface area contributed by atoms with Gasteiger partial charge in [-0.1, -0.05) is 0 Å². The number of carboxylic acids is 1. The third-order valence-corrected chi connectivity index (χ3v) is 3.12. The molecule has 6 nitrogen and oxygen atoms in total. The molecule has 2 atom stereocenters. The molecule has 0 aromatic carbocycles. The maximum atomic E-state index is 11.7. The molecule has 0 aromatic rings. The average molecular weight is 258 g/mol. The minimum absolute atomic E-state index is 0.188. The van der Waals surface area contributed by atoms with Crippen LogP contribution in [0.5, 0.6) is 0 Å². The number of carbonyl (C=O) groups excluding carboxylic acids is 1. The van der Waals surface area contributed by atoms with Crippen molar-refractivity contribution >= 4 is 11.9 Å². The first-order valence-electron chi connectivity index (χ1n) is 6.35. The van der Waals surface area contributed by atoms with E-state index < -0.39 is 12.0 Å². The third kappa shape index (κ3) is 5.46. The number of carbonyl (C=O) groups is 2. The van der Waals surface area contributed by atoms with E-state index in [2.05, 4.69) is 10.6 Å². The van der Waals surface area contributed by atoms with Crippen molar-refractivity contribution in [2.45, 2.75) is 31.7 Å². The third-order valence-electron chi connectivity index (χ3n) is 3.12. The van der Waals surface area contributed by atoms with Gasteiger partial charge in [0.2, 0.25) is 5.91 Å². The predicted molar refractivity (Wildman–Crippen MR) is 66.3 cm³/mol. The van der Waals surface area contributed by atoms with E-state index in [0.717, 1.165) is 25.9 Å². The van der Waals surface area contributed by atoms with Crippen LogP contribution < -0.4 is 10.6 Å². The first-order valence-corrected chi connectivity index (χ1v) is 6.35. The molecule has 3 N–H and O–H groups in total. The van der Waals surface area contributed by atoms with E-state index in [1.54, 1.807) is 0 Å². The van der Waals surface area contributed by atoms with Gasteiger partial charge in [-0.3, -0.25) is 4.79 Å². The second-order valence-corrected chi connectivity index (χ2v) is 4.66. The van der Waals surface area contributed by atoms with Crippen molar-refractivity contribution in [3.8, 4) is 0 Å². The summed E-state index contributed by atoms with van der Waals surface area (Å²) in [7, 11) is 1.51. The Bertz CT molecular complexity index is 277. The van der Waals surface area contributed by atoms with Crippen LogP contribution in [0.4, 0.5) is 0 Å². The molecular weight excluding hydrogens is 236 g/mol. The summed E-state index contributed by atoms with van der Waals surface area (Å²) in [4.78, 5) is 22.7. The zero-order valence-corrected chi connectivity index (χ0v) is 10.8. The molecule has 0 saturated carbocycles. The summed E-state index contributed by atoms with van der Waals surface area (Å²) in [6.45, 7) is 2.16. The maximum Gasteiger partial charge on any atom is 0.326 e. The van der Waals surface area contributed by atoms with E-state index in [1.807, 2.05) is 0 Å². The van der Waals surface area contributed by atoms with Gasteiger partial charge in [-0.25, -0.2) is 4.79 Å². The highest BCUT2D eigenvalue weighted by molar-refractivity contribution is 5.83. The quantitative estimate of drug-likeness (QED) is 0.597. The molecule has 2 unspecified atom stereocenters. The Labute approximate surface area is 107 Å². The van der Waals surface area contributed by atoms with Gasteiger partial charge in [0.05, 0.1) is 0 Å². The van der Waals surface area contributed by atoms with Gasteiger partial charge in [0.25, 0.3) is 0 Å². The molecule has 104 valence electrons. The Hall–Kier alpha value is -1.14. The van der Waals surface area contributed by atoms with Gasteiger partial charge in [-0.15, -0.1) is 0 Å². The molecule has 1 rings (SSSR count). The van der Waals surface area contributed by atoms with E-state index in [9.17, 15) is 9.59 Å². The standard InChI is InChI=1S/C12H22N2O4/c1-18-6-4-10(12(16)17)14-11(15)7-9-3-2-5-13-8-9/h9-10,13H,2-8H2,1H3,(H,14,15)(H,16,17).